The fourth-order valence-electron chi connectivity index (χ4n) is 2.44. The third-order valence-corrected chi connectivity index (χ3v) is 3.32. The topological polar surface area (TPSA) is 45.7 Å². The summed E-state index contributed by atoms with van der Waals surface area (Å²) >= 11 is 0. The molecule has 1 aromatic heterocycles. The molecule has 1 spiro atoms. The molecule has 1 aromatic rings. The van der Waals surface area contributed by atoms with Crippen LogP contribution in [-0.4, -0.2) is 49.5 Å². The molecule has 0 N–H and O–H groups in total. The van der Waals surface area contributed by atoms with Crippen LogP contribution >= 0.6 is 0 Å². The molecular formula is C11H12BN3O2. The number of pyridine rings is 1. The third-order valence-electron chi connectivity index (χ3n) is 3.32. The third kappa shape index (κ3) is 1.44. The molecule has 1 saturated heterocycles. The van der Waals surface area contributed by atoms with Crippen molar-refractivity contribution in [1.82, 2.24) is 9.88 Å². The molecule has 3 heterocycles. The Balaban J connectivity index is 2.05. The monoisotopic (exact) mass is 229 g/mol. The molecule has 2 aliphatic rings. The number of hydrogen-bond acceptors (Lipinski definition) is 4. The van der Waals surface area contributed by atoms with Crippen molar-refractivity contribution < 1.29 is 9.53 Å². The van der Waals surface area contributed by atoms with Gasteiger partial charge in [0, 0.05) is 25.7 Å². The van der Waals surface area contributed by atoms with Crippen LogP contribution in [0, 0.1) is 0 Å². The van der Waals surface area contributed by atoms with E-state index in [1.807, 2.05) is 7.05 Å². The summed E-state index contributed by atoms with van der Waals surface area (Å²) in [5.74, 6) is 0.746. The lowest BCUT2D eigenvalue weighted by Gasteiger charge is -2.38. The molecule has 5 nitrogen and oxygen atoms in total. The van der Waals surface area contributed by atoms with Crippen LogP contribution in [0.25, 0.3) is 0 Å². The van der Waals surface area contributed by atoms with E-state index in [0.29, 0.717) is 24.5 Å². The van der Waals surface area contributed by atoms with Gasteiger partial charge in [0.2, 0.25) is 7.98 Å². The number of rotatable bonds is 0. The van der Waals surface area contributed by atoms with E-state index < -0.39 is 5.60 Å². The van der Waals surface area contributed by atoms with Gasteiger partial charge >= 0.3 is 0 Å². The molecule has 3 rings (SSSR count). The largest absolute Gasteiger partial charge is 0.472 e. The van der Waals surface area contributed by atoms with Crippen LogP contribution in [-0.2, 0) is 4.79 Å². The highest BCUT2D eigenvalue weighted by atomic mass is 16.5. The quantitative estimate of drug-likeness (QED) is 0.586. The van der Waals surface area contributed by atoms with Crippen LogP contribution in [0.3, 0.4) is 0 Å². The number of likely N-dealkylation sites (tertiary alicyclic amines) is 1. The van der Waals surface area contributed by atoms with Gasteiger partial charge in [-0.3, -0.25) is 4.79 Å². The van der Waals surface area contributed by atoms with Crippen molar-refractivity contribution in [2.45, 2.75) is 12.0 Å². The molecule has 0 bridgehead atoms. The number of nitrogens with zero attached hydrogens (tertiary/aromatic N) is 3. The minimum absolute atomic E-state index is 0.215. The molecule has 1 unspecified atom stereocenters. The van der Waals surface area contributed by atoms with E-state index in [-0.39, 0.29) is 5.91 Å². The maximum Gasteiger partial charge on any atom is 0.260 e. The van der Waals surface area contributed by atoms with Crippen LogP contribution < -0.4 is 9.55 Å². The highest BCUT2D eigenvalue weighted by molar-refractivity contribution is 6.33. The molecule has 2 radical (unpaired) electrons. The fraction of sp³-hybridized carbons (Fsp3) is 0.455. The highest BCUT2D eigenvalue weighted by Crippen LogP contribution is 2.38. The molecule has 17 heavy (non-hydrogen) atoms. The molecule has 1 amide bonds. The molecule has 0 aliphatic carbocycles. The molecule has 86 valence electrons. The van der Waals surface area contributed by atoms with Gasteiger partial charge in [0.1, 0.15) is 0 Å². The van der Waals surface area contributed by atoms with E-state index in [9.17, 15) is 4.79 Å². The number of fused-ring (bicyclic) bond motifs is 1. The summed E-state index contributed by atoms with van der Waals surface area (Å²) in [5, 5.41) is 0. The summed E-state index contributed by atoms with van der Waals surface area (Å²) in [7, 11) is 7.78. The highest BCUT2D eigenvalue weighted by Gasteiger charge is 2.50. The van der Waals surface area contributed by atoms with Crippen LogP contribution in [0.5, 0.6) is 5.75 Å². The van der Waals surface area contributed by atoms with E-state index >= 15 is 0 Å². The summed E-state index contributed by atoms with van der Waals surface area (Å²) in [6.45, 7) is 1.39. The molecule has 1 fully saturated rings. The first-order valence-electron chi connectivity index (χ1n) is 5.54. The van der Waals surface area contributed by atoms with E-state index in [0.717, 1.165) is 11.4 Å². The lowest BCUT2D eigenvalue weighted by atomic mass is 9.97. The number of amides is 1. The Morgan fingerprint density at radius 3 is 3.12 bits per heavy atom. The first kappa shape index (κ1) is 10.6. The maximum atomic E-state index is 12.3. The summed E-state index contributed by atoms with van der Waals surface area (Å²) in [6, 6.07) is 3.56. The van der Waals surface area contributed by atoms with E-state index in [4.69, 9.17) is 12.7 Å². The van der Waals surface area contributed by atoms with Crippen LogP contribution in [0.1, 0.15) is 6.42 Å². The second-order valence-corrected chi connectivity index (χ2v) is 4.58. The first-order valence-corrected chi connectivity index (χ1v) is 5.54. The molecular weight excluding hydrogens is 217 g/mol. The van der Waals surface area contributed by atoms with Gasteiger partial charge in [-0.05, 0) is 19.2 Å². The van der Waals surface area contributed by atoms with Crippen molar-refractivity contribution in [2.24, 2.45) is 0 Å². The Hall–Kier alpha value is -1.56. The van der Waals surface area contributed by atoms with Gasteiger partial charge in [0.05, 0.1) is 0 Å². The number of ether oxygens (including phenoxy) is 1. The van der Waals surface area contributed by atoms with E-state index in [1.165, 1.54) is 0 Å². The van der Waals surface area contributed by atoms with Crippen molar-refractivity contribution in [3.05, 3.63) is 18.3 Å². The minimum Gasteiger partial charge on any atom is -0.472 e. The Bertz CT molecular complexity index is 482. The SMILES string of the molecule is [B]N1C(=O)C2(CCN(C)C2)Oc2cccnc21. The normalized spacial score (nSPS) is 28.3. The van der Waals surface area contributed by atoms with Gasteiger partial charge in [0.15, 0.2) is 17.2 Å². The van der Waals surface area contributed by atoms with Gasteiger partial charge in [-0.2, -0.15) is 0 Å². The number of anilines is 1. The Morgan fingerprint density at radius 1 is 1.59 bits per heavy atom. The average molecular weight is 229 g/mol. The predicted octanol–water partition coefficient (Wildman–Crippen LogP) is -0.0352. The summed E-state index contributed by atoms with van der Waals surface area (Å²) in [4.78, 5) is 19.5. The predicted molar refractivity (Wildman–Crippen MR) is 63.0 cm³/mol. The zero-order valence-corrected chi connectivity index (χ0v) is 9.59. The van der Waals surface area contributed by atoms with Gasteiger partial charge in [0.25, 0.3) is 5.91 Å². The molecule has 0 saturated carbocycles. The zero-order valence-electron chi connectivity index (χ0n) is 9.59. The van der Waals surface area contributed by atoms with Crippen molar-refractivity contribution >= 4 is 19.7 Å². The van der Waals surface area contributed by atoms with Crippen molar-refractivity contribution in [3.8, 4) is 5.75 Å². The number of carbonyl (C=O) groups is 1. The molecule has 6 heteroatoms. The summed E-state index contributed by atoms with van der Waals surface area (Å²) in [5.41, 5.74) is -0.834. The van der Waals surface area contributed by atoms with Crippen LogP contribution in [0.4, 0.5) is 5.82 Å². The second-order valence-electron chi connectivity index (χ2n) is 4.58. The second kappa shape index (κ2) is 3.47. The van der Waals surface area contributed by atoms with Gasteiger partial charge < -0.3 is 14.4 Å². The number of likely N-dealkylation sites (N-methyl/N-ethyl adjacent to an activating group) is 1. The van der Waals surface area contributed by atoms with Gasteiger partial charge in [-0.25, -0.2) is 4.98 Å². The number of hydrogen-bond donors (Lipinski definition) is 0. The summed E-state index contributed by atoms with van der Waals surface area (Å²) < 4.78 is 5.86. The lowest BCUT2D eigenvalue weighted by molar-refractivity contribution is -0.133. The van der Waals surface area contributed by atoms with Crippen molar-refractivity contribution in [1.29, 1.82) is 0 Å². The Morgan fingerprint density at radius 2 is 2.41 bits per heavy atom. The Labute approximate surface area is 101 Å². The Kier molecular flexibility index (Phi) is 2.16. The van der Waals surface area contributed by atoms with Crippen molar-refractivity contribution in [2.75, 3.05) is 24.9 Å². The fourth-order valence-corrected chi connectivity index (χ4v) is 2.44. The molecule has 1 atom stereocenters. The minimum atomic E-state index is -0.834. The maximum absolute atomic E-state index is 12.3. The molecule has 2 aliphatic heterocycles. The standard InChI is InChI=1S/C11H12BN3O2/c1-14-6-4-11(7-14)10(16)15(12)9-8(17-11)3-2-5-13-9/h2-3,5H,4,6-7H2,1H3. The smallest absolute Gasteiger partial charge is 0.260 e. The van der Waals surface area contributed by atoms with E-state index in [1.54, 1.807) is 18.3 Å². The number of carbonyl (C=O) groups excluding carboxylic acids is 1. The van der Waals surface area contributed by atoms with Gasteiger partial charge in [-0.15, -0.1) is 0 Å². The first-order chi connectivity index (χ1) is 8.12. The lowest BCUT2D eigenvalue weighted by Crippen LogP contribution is -2.57. The summed E-state index contributed by atoms with van der Waals surface area (Å²) in [6.07, 6.45) is 2.25. The van der Waals surface area contributed by atoms with Crippen molar-refractivity contribution in [3.63, 3.8) is 0 Å². The van der Waals surface area contributed by atoms with E-state index in [2.05, 4.69) is 9.88 Å². The van der Waals surface area contributed by atoms with Crippen LogP contribution in [0.15, 0.2) is 18.3 Å². The van der Waals surface area contributed by atoms with Crippen LogP contribution in [0.2, 0.25) is 0 Å². The van der Waals surface area contributed by atoms with Gasteiger partial charge in [-0.1, -0.05) is 0 Å². The number of aromatic nitrogens is 1. The zero-order chi connectivity index (χ0) is 12.0. The molecule has 0 aromatic carbocycles. The average Bonchev–Trinajstić information content (AvgIpc) is 2.69.